The lowest BCUT2D eigenvalue weighted by Gasteiger charge is -2.01. The van der Waals surface area contributed by atoms with Gasteiger partial charge in [-0.15, -0.1) is 26.3 Å². The fraction of sp³-hybridized carbons (Fsp3) is 0.385. The molecule has 0 bridgehead atoms. The summed E-state index contributed by atoms with van der Waals surface area (Å²) in [5, 5.41) is 46.1. The van der Waals surface area contributed by atoms with E-state index in [4.69, 9.17) is 60.3 Å². The second-order valence-electron chi connectivity index (χ2n) is 6.76. The zero-order valence-corrected chi connectivity index (χ0v) is 27.1. The number of halogens is 1. The van der Waals surface area contributed by atoms with Gasteiger partial charge >= 0.3 is 0 Å². The maximum atomic E-state index is 9.00. The summed E-state index contributed by atoms with van der Waals surface area (Å²) in [5.41, 5.74) is 10.0. The molecule has 2 aromatic rings. The van der Waals surface area contributed by atoms with Crippen LogP contribution in [-0.2, 0) is 36.9 Å². The lowest BCUT2D eigenvalue weighted by molar-refractivity contribution is -0.689. The molecule has 0 radical (unpaired) electrons. The molecule has 0 atom stereocenters. The molecule has 8 N–H and O–H groups in total. The number of carboxylic acid groups (broad SMARTS) is 5. The SMILES string of the molecule is C=C.C=C.CC(=O)O.CC(=O)O.CC(=O)O.CC(=O)O.CC(=O)O.Cc1ncc(C[n+]2csc(CCO)c2C)c(N)n1.[Cl-]. The first-order valence-corrected chi connectivity index (χ1v) is 12.3. The number of nitrogen functional groups attached to an aromatic ring is 1. The van der Waals surface area contributed by atoms with Crippen LogP contribution in [0.15, 0.2) is 38.0 Å². The predicted molar refractivity (Wildman–Crippen MR) is 159 cm³/mol. The number of aryl methyl sites for hydroxylation is 1. The Kier molecular flexibility index (Phi) is 47.8. The molecule has 2 aromatic heterocycles. The molecular formula is C26H45ClN4O11S. The van der Waals surface area contributed by atoms with Crippen LogP contribution >= 0.6 is 11.3 Å². The molecule has 0 aromatic carbocycles. The summed E-state index contributed by atoms with van der Waals surface area (Å²) in [4.78, 5) is 54.5. The fourth-order valence-electron chi connectivity index (χ4n) is 1.77. The van der Waals surface area contributed by atoms with E-state index in [2.05, 4.69) is 40.9 Å². The van der Waals surface area contributed by atoms with E-state index in [0.717, 1.165) is 45.9 Å². The molecule has 0 aliphatic heterocycles. The normalized spacial score (nSPS) is 7.63. The molecule has 2 rings (SSSR count). The molecule has 0 fully saturated rings. The fourth-order valence-corrected chi connectivity index (χ4v) is 2.75. The summed E-state index contributed by atoms with van der Waals surface area (Å²) in [6, 6.07) is 0. The van der Waals surface area contributed by atoms with Crippen molar-refractivity contribution in [2.24, 2.45) is 0 Å². The van der Waals surface area contributed by atoms with E-state index in [9.17, 15) is 0 Å². The van der Waals surface area contributed by atoms with Gasteiger partial charge in [-0.1, -0.05) is 11.3 Å². The first kappa shape index (κ1) is 54.6. The molecule has 2 heterocycles. The van der Waals surface area contributed by atoms with Gasteiger partial charge in [0.05, 0.1) is 10.4 Å². The van der Waals surface area contributed by atoms with Gasteiger partial charge in [0.15, 0.2) is 12.2 Å². The number of rotatable bonds is 4. The summed E-state index contributed by atoms with van der Waals surface area (Å²) < 4.78 is 2.11. The Morgan fingerprint density at radius 2 is 1.14 bits per heavy atom. The van der Waals surface area contributed by atoms with Crippen molar-refractivity contribution in [1.82, 2.24) is 9.97 Å². The summed E-state index contributed by atoms with van der Waals surface area (Å²) in [5.74, 6) is -2.95. The first-order valence-electron chi connectivity index (χ1n) is 11.4. The number of aromatic nitrogens is 3. The largest absolute Gasteiger partial charge is 1.00 e. The molecule has 0 aliphatic carbocycles. The van der Waals surface area contributed by atoms with Gasteiger partial charge < -0.3 is 48.8 Å². The number of carboxylic acids is 5. The quantitative estimate of drug-likeness (QED) is 0.164. The predicted octanol–water partition coefficient (Wildman–Crippen LogP) is -0.329. The average molecular weight is 657 g/mol. The molecule has 17 heteroatoms. The van der Waals surface area contributed by atoms with E-state index in [0.29, 0.717) is 24.6 Å². The van der Waals surface area contributed by atoms with Crippen molar-refractivity contribution in [2.75, 3.05) is 12.3 Å². The van der Waals surface area contributed by atoms with Crippen molar-refractivity contribution in [2.45, 2.75) is 61.4 Å². The van der Waals surface area contributed by atoms with Crippen LogP contribution in [0.5, 0.6) is 0 Å². The second-order valence-corrected chi connectivity index (χ2v) is 7.70. The number of thiazole rings is 1. The Bertz CT molecular complexity index is 960. The molecule has 15 nitrogen and oxygen atoms in total. The zero-order valence-electron chi connectivity index (χ0n) is 25.5. The maximum absolute atomic E-state index is 9.00. The van der Waals surface area contributed by atoms with Gasteiger partial charge in [0.1, 0.15) is 11.6 Å². The second kappa shape index (κ2) is 37.6. The Balaban J connectivity index is -0.0000000859. The molecule has 0 amide bonds. The molecule has 0 spiro atoms. The third kappa shape index (κ3) is 58.3. The number of aliphatic hydroxyl groups is 1. The molecule has 0 saturated heterocycles. The third-order valence-electron chi connectivity index (χ3n) is 2.85. The lowest BCUT2D eigenvalue weighted by Crippen LogP contribution is -3.00. The highest BCUT2D eigenvalue weighted by molar-refractivity contribution is 7.09. The standard InChI is InChI=1S/C12H17N4OS.5C2H4O2.2C2H4.ClH/c1-8-11(3-4-17)18-7-16(8)6-10-5-14-9(2)15-12(10)13;5*1-2(3)4;2*1-2;/h5,7,17H,3-4,6H2,1-2H3,(H2,13,14,15);5*1H3,(H,3,4);2*1-2H2;1H/q+1;;;;;;;;/p-1. The molecule has 248 valence electrons. The van der Waals surface area contributed by atoms with Gasteiger partial charge in [-0.3, -0.25) is 24.0 Å². The van der Waals surface area contributed by atoms with Crippen LogP contribution in [0.4, 0.5) is 5.82 Å². The number of carbonyl (C=O) groups is 5. The Morgan fingerprint density at radius 1 is 0.814 bits per heavy atom. The van der Waals surface area contributed by atoms with Crippen molar-refractivity contribution in [3.05, 3.63) is 60.0 Å². The number of hydrogen-bond donors (Lipinski definition) is 7. The number of aliphatic carboxylic acids is 5. The highest BCUT2D eigenvalue weighted by Gasteiger charge is 2.17. The number of nitrogens with zero attached hydrogens (tertiary/aromatic N) is 3. The number of aliphatic hydroxyl groups excluding tert-OH is 1. The van der Waals surface area contributed by atoms with E-state index < -0.39 is 29.8 Å². The third-order valence-corrected chi connectivity index (χ3v) is 4.00. The van der Waals surface area contributed by atoms with Gasteiger partial charge in [-0.2, -0.15) is 4.57 Å². The van der Waals surface area contributed by atoms with E-state index in [1.165, 1.54) is 4.88 Å². The maximum Gasteiger partial charge on any atom is 0.300 e. The van der Waals surface area contributed by atoms with Crippen LogP contribution in [0.1, 0.15) is 56.6 Å². The summed E-state index contributed by atoms with van der Waals surface area (Å²) in [6.45, 7) is 22.1. The van der Waals surface area contributed by atoms with Crippen molar-refractivity contribution < 1.29 is 71.6 Å². The minimum atomic E-state index is -0.833. The van der Waals surface area contributed by atoms with Crippen LogP contribution in [0, 0.1) is 13.8 Å². The molecule has 0 aliphatic rings. The van der Waals surface area contributed by atoms with Gasteiger partial charge in [0, 0.05) is 60.8 Å². The summed E-state index contributed by atoms with van der Waals surface area (Å²) in [6.07, 6.45) is 2.47. The van der Waals surface area contributed by atoms with E-state index in [-0.39, 0.29) is 19.0 Å². The van der Waals surface area contributed by atoms with Crippen molar-refractivity contribution in [3.63, 3.8) is 0 Å². The molecule has 43 heavy (non-hydrogen) atoms. The average Bonchev–Trinajstić information content (AvgIpc) is 3.16. The van der Waals surface area contributed by atoms with E-state index in [1.54, 1.807) is 17.5 Å². The molecular weight excluding hydrogens is 612 g/mol. The van der Waals surface area contributed by atoms with Crippen LogP contribution in [0.2, 0.25) is 0 Å². The van der Waals surface area contributed by atoms with Gasteiger partial charge in [-0.05, 0) is 6.92 Å². The zero-order chi connectivity index (χ0) is 35.0. The van der Waals surface area contributed by atoms with Crippen LogP contribution in [-0.4, -0.2) is 77.1 Å². The first-order chi connectivity index (χ1) is 19.3. The minimum absolute atomic E-state index is 0. The van der Waals surface area contributed by atoms with Crippen LogP contribution in [0.25, 0.3) is 0 Å². The monoisotopic (exact) mass is 656 g/mol. The topological polar surface area (TPSA) is 262 Å². The smallest absolute Gasteiger partial charge is 0.300 e. The lowest BCUT2D eigenvalue weighted by atomic mass is 10.2. The number of nitrogens with two attached hydrogens (primary N) is 1. The van der Waals surface area contributed by atoms with E-state index in [1.807, 2.05) is 19.4 Å². The highest BCUT2D eigenvalue weighted by atomic mass is 35.5. The molecule has 0 unspecified atom stereocenters. The highest BCUT2D eigenvalue weighted by Crippen LogP contribution is 2.13. The van der Waals surface area contributed by atoms with Crippen LogP contribution < -0.4 is 22.7 Å². The molecule has 0 saturated carbocycles. The Labute approximate surface area is 262 Å². The van der Waals surface area contributed by atoms with Gasteiger partial charge in [0.25, 0.3) is 29.8 Å². The summed E-state index contributed by atoms with van der Waals surface area (Å²) >= 11 is 1.65. The van der Waals surface area contributed by atoms with Crippen LogP contribution in [0.3, 0.4) is 0 Å². The van der Waals surface area contributed by atoms with Gasteiger partial charge in [-0.25, -0.2) is 9.97 Å². The van der Waals surface area contributed by atoms with E-state index >= 15 is 0 Å². The Hall–Kier alpha value is -4.41. The summed E-state index contributed by atoms with van der Waals surface area (Å²) in [7, 11) is 0. The van der Waals surface area contributed by atoms with Crippen molar-refractivity contribution >= 4 is 47.0 Å². The minimum Gasteiger partial charge on any atom is -1.00 e. The van der Waals surface area contributed by atoms with Crippen molar-refractivity contribution in [3.8, 4) is 0 Å². The van der Waals surface area contributed by atoms with Gasteiger partial charge in [0.2, 0.25) is 5.51 Å². The number of anilines is 1. The number of hydrogen-bond acceptors (Lipinski definition) is 10. The Morgan fingerprint density at radius 3 is 1.42 bits per heavy atom. The van der Waals surface area contributed by atoms with Crippen molar-refractivity contribution in [1.29, 1.82) is 0 Å².